The number of rotatable bonds is 9. The maximum atomic E-state index is 11.1. The van der Waals surface area contributed by atoms with Crippen molar-refractivity contribution in [2.45, 2.75) is 19.7 Å². The summed E-state index contributed by atoms with van der Waals surface area (Å²) in [6.07, 6.45) is 2.57. The summed E-state index contributed by atoms with van der Waals surface area (Å²) in [6.45, 7) is 0.775. The molecule has 0 atom stereocenters. The van der Waals surface area contributed by atoms with E-state index >= 15 is 0 Å². The molecule has 0 radical (unpaired) electrons. The highest BCUT2D eigenvalue weighted by Crippen LogP contribution is 2.11. The first-order valence-electron chi connectivity index (χ1n) is 8.01. The molecule has 0 unspecified atom stereocenters. The van der Waals surface area contributed by atoms with Gasteiger partial charge in [0.25, 0.3) is 0 Å². The molecule has 0 fully saturated rings. The van der Waals surface area contributed by atoms with Crippen LogP contribution in [0.3, 0.4) is 0 Å². The lowest BCUT2D eigenvalue weighted by molar-refractivity contribution is -0.414. The third kappa shape index (κ3) is 6.03. The zero-order valence-corrected chi connectivity index (χ0v) is 14.5. The van der Waals surface area contributed by atoms with Gasteiger partial charge < -0.3 is 15.2 Å². The van der Waals surface area contributed by atoms with Crippen LogP contribution in [-0.2, 0) is 19.7 Å². The molecule has 7 nitrogen and oxygen atoms in total. The van der Waals surface area contributed by atoms with Crippen LogP contribution in [0.5, 0.6) is 5.75 Å². The van der Waals surface area contributed by atoms with Crippen LogP contribution in [0.15, 0.2) is 65.4 Å². The van der Waals surface area contributed by atoms with E-state index in [0.29, 0.717) is 13.1 Å². The Morgan fingerprint density at radius 2 is 1.77 bits per heavy atom. The Bertz CT molecular complexity index is 768. The van der Waals surface area contributed by atoms with Gasteiger partial charge in [-0.25, -0.2) is 0 Å². The maximum absolute atomic E-state index is 11.1. The number of ether oxygens (including phenoxy) is 1. The molecule has 0 heterocycles. The van der Waals surface area contributed by atoms with Crippen molar-refractivity contribution in [1.29, 1.82) is 0 Å². The molecule has 26 heavy (non-hydrogen) atoms. The fourth-order valence-electron chi connectivity index (χ4n) is 2.15. The Kier molecular flexibility index (Phi) is 7.32. The van der Waals surface area contributed by atoms with Crippen LogP contribution in [-0.4, -0.2) is 23.4 Å². The number of benzene rings is 2. The van der Waals surface area contributed by atoms with Gasteiger partial charge in [-0.3, -0.25) is 15.1 Å². The van der Waals surface area contributed by atoms with Crippen LogP contribution in [0.1, 0.15) is 16.7 Å². The molecule has 0 bridgehead atoms. The summed E-state index contributed by atoms with van der Waals surface area (Å²) < 4.78 is 5.08. The number of nitrogens with zero attached hydrogens (tertiary/aromatic N) is 2. The molecule has 2 aromatic rings. The minimum atomic E-state index is -0.487. The van der Waals surface area contributed by atoms with Crippen LogP contribution in [0.2, 0.25) is 0 Å². The van der Waals surface area contributed by atoms with Crippen LogP contribution in [0.25, 0.3) is 0 Å². The van der Waals surface area contributed by atoms with Crippen molar-refractivity contribution < 1.29 is 14.8 Å². The van der Waals surface area contributed by atoms with E-state index in [2.05, 4.69) is 10.3 Å². The van der Waals surface area contributed by atoms with Gasteiger partial charge in [0.2, 0.25) is 0 Å². The van der Waals surface area contributed by atoms with E-state index in [1.165, 1.54) is 12.4 Å². The van der Waals surface area contributed by atoms with Crippen molar-refractivity contribution >= 4 is 6.21 Å². The third-order valence-electron chi connectivity index (χ3n) is 3.63. The maximum Gasteiger partial charge on any atom is 0.302 e. The van der Waals surface area contributed by atoms with E-state index in [9.17, 15) is 10.1 Å². The first-order chi connectivity index (χ1) is 12.6. The molecule has 7 heteroatoms. The lowest BCUT2D eigenvalue weighted by Crippen LogP contribution is -2.10. The highest BCUT2D eigenvalue weighted by molar-refractivity contribution is 5.75. The first kappa shape index (κ1) is 19.1. The van der Waals surface area contributed by atoms with Crippen molar-refractivity contribution in [3.63, 3.8) is 0 Å². The predicted octanol–water partition coefficient (Wildman–Crippen LogP) is 2.67. The molecule has 2 rings (SSSR count). The average Bonchev–Trinajstić information content (AvgIpc) is 2.67. The zero-order valence-electron chi connectivity index (χ0n) is 14.5. The second-order valence-corrected chi connectivity index (χ2v) is 5.50. The SMILES string of the molecule is COc1ccc(CN=CC(=CNCc2ccc(CO)cc2)[N+](=O)[O-])cc1. The number of nitrogens with one attached hydrogen (secondary N) is 1. The molecule has 0 aliphatic carbocycles. The van der Waals surface area contributed by atoms with Crippen molar-refractivity contribution in [3.8, 4) is 5.75 Å². The summed E-state index contributed by atoms with van der Waals surface area (Å²) >= 11 is 0. The zero-order chi connectivity index (χ0) is 18.8. The summed E-state index contributed by atoms with van der Waals surface area (Å²) in [4.78, 5) is 14.7. The quantitative estimate of drug-likeness (QED) is 0.409. The first-order valence-corrected chi connectivity index (χ1v) is 8.01. The van der Waals surface area contributed by atoms with Crippen LogP contribution in [0.4, 0.5) is 0 Å². The number of nitro groups is 1. The minimum Gasteiger partial charge on any atom is -0.497 e. The Hall–Kier alpha value is -3.19. The molecule has 0 aliphatic rings. The normalized spacial score (nSPS) is 11.5. The van der Waals surface area contributed by atoms with E-state index in [0.717, 1.165) is 22.4 Å². The standard InChI is InChI=1S/C19H21N3O4/c1-26-19-8-6-16(7-9-19)11-21-13-18(22(24)25)12-20-10-15-2-4-17(14-23)5-3-15/h2-9,12-13,20,23H,10-11,14H2,1H3. The molecule has 136 valence electrons. The molecule has 0 saturated carbocycles. The molecule has 0 aliphatic heterocycles. The summed E-state index contributed by atoms with van der Waals surface area (Å²) in [5.41, 5.74) is 2.59. The van der Waals surface area contributed by atoms with Crippen LogP contribution < -0.4 is 10.1 Å². The molecule has 0 spiro atoms. The summed E-state index contributed by atoms with van der Waals surface area (Å²) in [5, 5.41) is 23.0. The second kappa shape index (κ2) is 9.95. The highest BCUT2D eigenvalue weighted by atomic mass is 16.6. The fraction of sp³-hybridized carbons (Fsp3) is 0.211. The summed E-state index contributed by atoms with van der Waals surface area (Å²) in [5.74, 6) is 0.750. The summed E-state index contributed by atoms with van der Waals surface area (Å²) in [6, 6.07) is 14.7. The smallest absolute Gasteiger partial charge is 0.302 e. The van der Waals surface area contributed by atoms with Crippen molar-refractivity contribution in [1.82, 2.24) is 5.32 Å². The molecule has 0 saturated heterocycles. The third-order valence-corrected chi connectivity index (χ3v) is 3.63. The Balaban J connectivity index is 1.91. The number of hydrogen-bond donors (Lipinski definition) is 2. The average molecular weight is 355 g/mol. The Morgan fingerprint density at radius 3 is 2.35 bits per heavy atom. The van der Waals surface area contributed by atoms with Gasteiger partial charge in [-0.15, -0.1) is 0 Å². The van der Waals surface area contributed by atoms with E-state index in [4.69, 9.17) is 9.84 Å². The van der Waals surface area contributed by atoms with E-state index in [-0.39, 0.29) is 12.3 Å². The topological polar surface area (TPSA) is 97.0 Å². The predicted molar refractivity (Wildman–Crippen MR) is 99.5 cm³/mol. The van der Waals surface area contributed by atoms with E-state index in [1.807, 2.05) is 48.5 Å². The molecule has 2 aromatic carbocycles. The number of allylic oxidation sites excluding steroid dienone is 1. The van der Waals surface area contributed by atoms with E-state index < -0.39 is 4.92 Å². The van der Waals surface area contributed by atoms with Gasteiger partial charge in [0, 0.05) is 6.54 Å². The Labute approximate surface area is 151 Å². The summed E-state index contributed by atoms with van der Waals surface area (Å²) in [7, 11) is 1.59. The van der Waals surface area contributed by atoms with Crippen molar-refractivity contribution in [3.05, 3.63) is 87.2 Å². The van der Waals surface area contributed by atoms with Gasteiger partial charge in [0.1, 0.15) is 12.0 Å². The van der Waals surface area contributed by atoms with Gasteiger partial charge in [0.05, 0.1) is 31.4 Å². The second-order valence-electron chi connectivity index (χ2n) is 5.50. The van der Waals surface area contributed by atoms with Crippen LogP contribution in [0, 0.1) is 10.1 Å². The number of hydrogen-bond acceptors (Lipinski definition) is 6. The lowest BCUT2D eigenvalue weighted by atomic mass is 10.1. The van der Waals surface area contributed by atoms with Gasteiger partial charge in [-0.1, -0.05) is 36.4 Å². The number of aliphatic imine (C=N–C) groups is 1. The number of methoxy groups -OCH3 is 1. The van der Waals surface area contributed by atoms with Crippen molar-refractivity contribution in [2.75, 3.05) is 7.11 Å². The fourth-order valence-corrected chi connectivity index (χ4v) is 2.15. The monoisotopic (exact) mass is 355 g/mol. The molecule has 0 amide bonds. The lowest BCUT2D eigenvalue weighted by Gasteiger charge is -2.03. The molecule has 0 aromatic heterocycles. The van der Waals surface area contributed by atoms with Crippen LogP contribution >= 0.6 is 0 Å². The van der Waals surface area contributed by atoms with Crippen molar-refractivity contribution in [2.24, 2.45) is 4.99 Å². The van der Waals surface area contributed by atoms with Gasteiger partial charge in [-0.05, 0) is 28.8 Å². The number of aliphatic hydroxyl groups is 1. The molecular weight excluding hydrogens is 334 g/mol. The van der Waals surface area contributed by atoms with Gasteiger partial charge in [-0.2, -0.15) is 0 Å². The van der Waals surface area contributed by atoms with E-state index in [1.54, 1.807) is 7.11 Å². The Morgan fingerprint density at radius 1 is 1.15 bits per heavy atom. The number of aliphatic hydroxyl groups excluding tert-OH is 1. The highest BCUT2D eigenvalue weighted by Gasteiger charge is 2.06. The molecular formula is C19H21N3O4. The van der Waals surface area contributed by atoms with Gasteiger partial charge in [0.15, 0.2) is 0 Å². The van der Waals surface area contributed by atoms with Gasteiger partial charge >= 0.3 is 5.70 Å². The largest absolute Gasteiger partial charge is 0.497 e. The molecule has 2 N–H and O–H groups in total. The minimum absolute atomic E-state index is 0.0102.